The standard InChI is InChI=1S/C21H26N4O3S/c26-21-5-3-11-24(21)13-10-19-4-1-2-12-25(19)29(27,28)20-8-6-17(7-9-20)18-14-22-16-23-15-18/h6-9,14-16,19H,1-5,10-13H2. The second-order valence-corrected chi connectivity index (χ2v) is 9.58. The fourth-order valence-electron chi connectivity index (χ4n) is 4.23. The van der Waals surface area contributed by atoms with Crippen LogP contribution in [0.15, 0.2) is 47.9 Å². The van der Waals surface area contributed by atoms with Crippen molar-refractivity contribution in [3.8, 4) is 11.1 Å². The highest BCUT2D eigenvalue weighted by Crippen LogP contribution is 2.29. The molecular weight excluding hydrogens is 388 g/mol. The van der Waals surface area contributed by atoms with E-state index in [1.807, 2.05) is 4.90 Å². The quantitative estimate of drug-likeness (QED) is 0.726. The van der Waals surface area contributed by atoms with Crippen LogP contribution in [0, 0.1) is 0 Å². The highest BCUT2D eigenvalue weighted by Gasteiger charge is 2.34. The highest BCUT2D eigenvalue weighted by atomic mass is 32.2. The van der Waals surface area contributed by atoms with Gasteiger partial charge in [0.25, 0.3) is 0 Å². The molecule has 2 fully saturated rings. The van der Waals surface area contributed by atoms with Gasteiger partial charge in [0, 0.05) is 50.1 Å². The van der Waals surface area contributed by atoms with Crippen LogP contribution in [0.2, 0.25) is 0 Å². The molecule has 1 atom stereocenters. The Balaban J connectivity index is 1.50. The molecule has 2 saturated heterocycles. The summed E-state index contributed by atoms with van der Waals surface area (Å²) in [5.74, 6) is 0.190. The van der Waals surface area contributed by atoms with Crippen LogP contribution in [0.5, 0.6) is 0 Å². The van der Waals surface area contributed by atoms with E-state index in [1.165, 1.54) is 6.33 Å². The van der Waals surface area contributed by atoms with Gasteiger partial charge < -0.3 is 4.90 Å². The average molecular weight is 415 g/mol. The van der Waals surface area contributed by atoms with Crippen molar-refractivity contribution in [3.63, 3.8) is 0 Å². The van der Waals surface area contributed by atoms with Crippen LogP contribution in [-0.4, -0.2) is 59.2 Å². The van der Waals surface area contributed by atoms with E-state index in [4.69, 9.17) is 0 Å². The maximum Gasteiger partial charge on any atom is 0.243 e. The molecule has 2 aliphatic rings. The second kappa shape index (κ2) is 8.59. The first-order valence-corrected chi connectivity index (χ1v) is 11.6. The van der Waals surface area contributed by atoms with Crippen LogP contribution < -0.4 is 0 Å². The molecule has 3 heterocycles. The number of amides is 1. The van der Waals surface area contributed by atoms with Gasteiger partial charge in [-0.25, -0.2) is 18.4 Å². The topological polar surface area (TPSA) is 83.5 Å². The maximum absolute atomic E-state index is 13.3. The molecule has 4 rings (SSSR count). The number of aromatic nitrogens is 2. The Morgan fingerprint density at radius 1 is 0.966 bits per heavy atom. The lowest BCUT2D eigenvalue weighted by molar-refractivity contribution is -0.127. The van der Waals surface area contributed by atoms with Crippen molar-refractivity contribution in [2.45, 2.75) is 49.5 Å². The SMILES string of the molecule is O=C1CCCN1CCC1CCCCN1S(=O)(=O)c1ccc(-c2cncnc2)cc1. The molecule has 0 radical (unpaired) electrons. The Labute approximate surface area is 171 Å². The maximum atomic E-state index is 13.3. The normalized spacial score (nSPS) is 20.9. The first-order chi connectivity index (χ1) is 14.1. The van der Waals surface area contributed by atoms with Crippen molar-refractivity contribution in [1.82, 2.24) is 19.2 Å². The number of piperidine rings is 1. The summed E-state index contributed by atoms with van der Waals surface area (Å²) in [6.07, 6.45) is 9.85. The predicted molar refractivity (Wildman–Crippen MR) is 109 cm³/mol. The smallest absolute Gasteiger partial charge is 0.243 e. The van der Waals surface area contributed by atoms with Gasteiger partial charge in [0.1, 0.15) is 6.33 Å². The Kier molecular flexibility index (Phi) is 5.91. The third-order valence-corrected chi connectivity index (χ3v) is 7.80. The fourth-order valence-corrected chi connectivity index (χ4v) is 5.95. The number of hydrogen-bond acceptors (Lipinski definition) is 5. The van der Waals surface area contributed by atoms with Crippen LogP contribution in [0.25, 0.3) is 11.1 Å². The number of sulfonamides is 1. The van der Waals surface area contributed by atoms with Gasteiger partial charge in [0.05, 0.1) is 4.90 Å². The molecule has 7 nitrogen and oxygen atoms in total. The molecule has 1 amide bonds. The first kappa shape index (κ1) is 20.0. The van der Waals surface area contributed by atoms with Gasteiger partial charge in [-0.15, -0.1) is 0 Å². The average Bonchev–Trinajstić information content (AvgIpc) is 3.18. The molecule has 1 aromatic heterocycles. The number of carbonyl (C=O) groups is 1. The summed E-state index contributed by atoms with van der Waals surface area (Å²) in [7, 11) is -3.57. The summed E-state index contributed by atoms with van der Waals surface area (Å²) < 4.78 is 28.3. The third kappa shape index (κ3) is 4.33. The van der Waals surface area contributed by atoms with Gasteiger partial charge in [0.2, 0.25) is 15.9 Å². The molecular formula is C21H26N4O3S. The van der Waals surface area contributed by atoms with Crippen molar-refractivity contribution in [1.29, 1.82) is 0 Å². The number of benzene rings is 1. The van der Waals surface area contributed by atoms with E-state index < -0.39 is 10.0 Å². The van der Waals surface area contributed by atoms with Gasteiger partial charge in [0.15, 0.2) is 0 Å². The van der Waals surface area contributed by atoms with E-state index in [9.17, 15) is 13.2 Å². The van der Waals surface area contributed by atoms with E-state index >= 15 is 0 Å². The van der Waals surface area contributed by atoms with Crippen LogP contribution in [0.4, 0.5) is 0 Å². The first-order valence-electron chi connectivity index (χ1n) is 10.2. The molecule has 154 valence electrons. The summed E-state index contributed by atoms with van der Waals surface area (Å²) in [4.78, 5) is 22.1. The second-order valence-electron chi connectivity index (χ2n) is 7.69. The van der Waals surface area contributed by atoms with Gasteiger partial charge in [-0.05, 0) is 43.4 Å². The van der Waals surface area contributed by atoms with Gasteiger partial charge in [-0.3, -0.25) is 4.79 Å². The van der Waals surface area contributed by atoms with Gasteiger partial charge in [-0.1, -0.05) is 18.6 Å². The van der Waals surface area contributed by atoms with E-state index in [-0.39, 0.29) is 11.9 Å². The summed E-state index contributed by atoms with van der Waals surface area (Å²) in [5.41, 5.74) is 1.73. The molecule has 1 unspecified atom stereocenters. The van der Waals surface area contributed by atoms with Crippen LogP contribution in [-0.2, 0) is 14.8 Å². The molecule has 1 aromatic carbocycles. The minimum atomic E-state index is -3.57. The molecule has 0 aliphatic carbocycles. The van der Waals surface area contributed by atoms with E-state index in [0.717, 1.165) is 43.4 Å². The number of nitrogens with zero attached hydrogens (tertiary/aromatic N) is 4. The number of rotatable bonds is 6. The summed E-state index contributed by atoms with van der Waals surface area (Å²) in [6.45, 7) is 1.97. The van der Waals surface area contributed by atoms with Crippen LogP contribution >= 0.6 is 0 Å². The zero-order chi connectivity index (χ0) is 20.3. The highest BCUT2D eigenvalue weighted by molar-refractivity contribution is 7.89. The Morgan fingerprint density at radius 2 is 1.72 bits per heavy atom. The molecule has 0 N–H and O–H groups in total. The molecule has 2 aliphatic heterocycles. The Bertz CT molecular complexity index is 948. The lowest BCUT2D eigenvalue weighted by Gasteiger charge is -2.35. The van der Waals surface area contributed by atoms with Crippen molar-refractivity contribution < 1.29 is 13.2 Å². The Hall–Kier alpha value is -2.32. The van der Waals surface area contributed by atoms with E-state index in [2.05, 4.69) is 9.97 Å². The lowest BCUT2D eigenvalue weighted by atomic mass is 10.0. The van der Waals surface area contributed by atoms with Crippen LogP contribution in [0.3, 0.4) is 0 Å². The molecule has 29 heavy (non-hydrogen) atoms. The number of carbonyl (C=O) groups excluding carboxylic acids is 1. The predicted octanol–water partition coefficient (Wildman–Crippen LogP) is 2.70. The molecule has 0 bridgehead atoms. The van der Waals surface area contributed by atoms with Gasteiger partial charge >= 0.3 is 0 Å². The van der Waals surface area contributed by atoms with E-state index in [0.29, 0.717) is 30.8 Å². The van der Waals surface area contributed by atoms with Crippen molar-refractivity contribution in [2.24, 2.45) is 0 Å². The monoisotopic (exact) mass is 414 g/mol. The zero-order valence-corrected chi connectivity index (χ0v) is 17.2. The Morgan fingerprint density at radius 3 is 2.41 bits per heavy atom. The molecule has 0 saturated carbocycles. The molecule has 0 spiro atoms. The summed E-state index contributed by atoms with van der Waals surface area (Å²) >= 11 is 0. The largest absolute Gasteiger partial charge is 0.343 e. The van der Waals surface area contributed by atoms with Gasteiger partial charge in [-0.2, -0.15) is 4.31 Å². The zero-order valence-electron chi connectivity index (χ0n) is 16.4. The fraction of sp³-hybridized carbons (Fsp3) is 0.476. The van der Waals surface area contributed by atoms with Crippen molar-refractivity contribution >= 4 is 15.9 Å². The van der Waals surface area contributed by atoms with E-state index in [1.54, 1.807) is 41.0 Å². The molecule has 2 aromatic rings. The summed E-state index contributed by atoms with van der Waals surface area (Å²) in [5, 5.41) is 0. The minimum Gasteiger partial charge on any atom is -0.343 e. The minimum absolute atomic E-state index is 0.0515. The van der Waals surface area contributed by atoms with Crippen LogP contribution in [0.1, 0.15) is 38.5 Å². The third-order valence-electron chi connectivity index (χ3n) is 5.83. The number of likely N-dealkylation sites (tertiary alicyclic amines) is 1. The summed E-state index contributed by atoms with van der Waals surface area (Å²) in [6, 6.07) is 6.87. The molecule has 8 heteroatoms. The number of hydrogen-bond donors (Lipinski definition) is 0. The lowest BCUT2D eigenvalue weighted by Crippen LogP contribution is -2.45. The van der Waals surface area contributed by atoms with Crippen molar-refractivity contribution in [2.75, 3.05) is 19.6 Å². The van der Waals surface area contributed by atoms with Crippen molar-refractivity contribution in [3.05, 3.63) is 43.0 Å².